The molecule has 11 heteroatoms. The van der Waals surface area contributed by atoms with Gasteiger partial charge in [-0.3, -0.25) is 20.2 Å². The molecule has 1 aromatic rings. The number of nitrogens with one attached hydrogen (secondary N) is 1. The van der Waals surface area contributed by atoms with Gasteiger partial charge in [-0.05, 0) is 25.3 Å². The van der Waals surface area contributed by atoms with Crippen molar-refractivity contribution in [2.75, 3.05) is 23.7 Å². The number of nitro benzene ring substituents is 2. The van der Waals surface area contributed by atoms with Gasteiger partial charge in [-0.1, -0.05) is 6.92 Å². The molecular formula is C14H20N4O6S. The van der Waals surface area contributed by atoms with Gasteiger partial charge in [0.1, 0.15) is 5.69 Å². The number of non-ortho nitro benzene ring substituents is 1. The summed E-state index contributed by atoms with van der Waals surface area (Å²) in [5.41, 5.74) is -0.345. The van der Waals surface area contributed by atoms with Crippen LogP contribution in [0, 0.1) is 20.2 Å². The summed E-state index contributed by atoms with van der Waals surface area (Å²) < 4.78 is 26.3. The molecule has 1 fully saturated rings. The SMILES string of the molecule is CCCS(=O)(=O)NC1CCN(c2ccc([N+](=O)[O-])cc2[N+](=O)[O-])CC1. The molecule has 1 heterocycles. The molecule has 25 heavy (non-hydrogen) atoms. The minimum atomic E-state index is -3.30. The van der Waals surface area contributed by atoms with Gasteiger partial charge in [-0.2, -0.15) is 0 Å². The summed E-state index contributed by atoms with van der Waals surface area (Å²) >= 11 is 0. The van der Waals surface area contributed by atoms with Crippen molar-refractivity contribution in [2.45, 2.75) is 32.2 Å². The summed E-state index contributed by atoms with van der Waals surface area (Å²) in [4.78, 5) is 22.5. The maximum atomic E-state index is 11.8. The quantitative estimate of drug-likeness (QED) is 0.569. The second kappa shape index (κ2) is 7.74. The fourth-order valence-corrected chi connectivity index (χ4v) is 4.26. The van der Waals surface area contributed by atoms with Crippen LogP contribution in [-0.4, -0.2) is 43.1 Å². The number of anilines is 1. The molecule has 1 aromatic carbocycles. The lowest BCUT2D eigenvalue weighted by Crippen LogP contribution is -2.45. The summed E-state index contributed by atoms with van der Waals surface area (Å²) in [5.74, 6) is 0.0705. The van der Waals surface area contributed by atoms with Gasteiger partial charge in [-0.15, -0.1) is 0 Å². The van der Waals surface area contributed by atoms with E-state index in [4.69, 9.17) is 0 Å². The summed E-state index contributed by atoms with van der Waals surface area (Å²) in [7, 11) is -3.30. The van der Waals surface area contributed by atoms with E-state index < -0.39 is 19.9 Å². The monoisotopic (exact) mass is 372 g/mol. The first-order chi connectivity index (χ1) is 11.7. The van der Waals surface area contributed by atoms with Gasteiger partial charge in [-0.25, -0.2) is 13.1 Å². The molecule has 10 nitrogen and oxygen atoms in total. The zero-order valence-corrected chi connectivity index (χ0v) is 14.6. The van der Waals surface area contributed by atoms with E-state index in [1.807, 2.05) is 0 Å². The van der Waals surface area contributed by atoms with E-state index in [0.717, 1.165) is 6.07 Å². The molecule has 0 bridgehead atoms. The van der Waals surface area contributed by atoms with Crippen LogP contribution in [0.2, 0.25) is 0 Å². The molecular weight excluding hydrogens is 352 g/mol. The van der Waals surface area contributed by atoms with Gasteiger partial charge in [0.15, 0.2) is 0 Å². The average Bonchev–Trinajstić information content (AvgIpc) is 2.54. The van der Waals surface area contributed by atoms with Crippen LogP contribution in [0.15, 0.2) is 18.2 Å². The second-order valence-corrected chi connectivity index (χ2v) is 7.76. The summed E-state index contributed by atoms with van der Waals surface area (Å²) in [6.07, 6.45) is 1.55. The Labute approximate surface area is 145 Å². The highest BCUT2D eigenvalue weighted by Gasteiger charge is 2.28. The molecule has 0 aliphatic carbocycles. The Bertz CT molecular complexity index is 759. The van der Waals surface area contributed by atoms with E-state index in [0.29, 0.717) is 38.0 Å². The first-order valence-corrected chi connectivity index (χ1v) is 9.56. The standard InChI is InChI=1S/C14H20N4O6S/c1-2-9-25(23,24)15-11-5-7-16(8-6-11)13-4-3-12(17(19)20)10-14(13)18(21)22/h3-4,10-11,15H,2,5-9H2,1H3. The molecule has 138 valence electrons. The number of benzene rings is 1. The molecule has 1 aliphatic heterocycles. The van der Waals surface area contributed by atoms with E-state index in [1.54, 1.807) is 11.8 Å². The van der Waals surface area contributed by atoms with Gasteiger partial charge in [0.2, 0.25) is 10.0 Å². The van der Waals surface area contributed by atoms with Crippen molar-refractivity contribution in [3.8, 4) is 0 Å². The first-order valence-electron chi connectivity index (χ1n) is 7.91. The topological polar surface area (TPSA) is 136 Å². The molecule has 0 aromatic heterocycles. The Hall–Kier alpha value is -2.27. The van der Waals surface area contributed by atoms with E-state index in [1.165, 1.54) is 12.1 Å². The summed E-state index contributed by atoms with van der Waals surface area (Å²) in [6.45, 7) is 2.64. The Balaban J connectivity index is 2.10. The highest BCUT2D eigenvalue weighted by atomic mass is 32.2. The van der Waals surface area contributed by atoms with Crippen LogP contribution in [0.4, 0.5) is 17.1 Å². The molecule has 0 amide bonds. The van der Waals surface area contributed by atoms with Gasteiger partial charge in [0, 0.05) is 25.2 Å². The van der Waals surface area contributed by atoms with Crippen molar-refractivity contribution < 1.29 is 18.3 Å². The van der Waals surface area contributed by atoms with Gasteiger partial charge in [0.25, 0.3) is 11.4 Å². The zero-order valence-electron chi connectivity index (χ0n) is 13.8. The van der Waals surface area contributed by atoms with Gasteiger partial charge < -0.3 is 4.90 Å². The third kappa shape index (κ3) is 4.86. The number of hydrogen-bond acceptors (Lipinski definition) is 7. The van der Waals surface area contributed by atoms with E-state index in [2.05, 4.69) is 4.72 Å². The number of nitro groups is 2. The number of rotatable bonds is 7. The molecule has 1 N–H and O–H groups in total. The lowest BCUT2D eigenvalue weighted by Gasteiger charge is -2.33. The molecule has 0 unspecified atom stereocenters. The normalized spacial score (nSPS) is 16.0. The van der Waals surface area contributed by atoms with E-state index >= 15 is 0 Å². The zero-order chi connectivity index (χ0) is 18.6. The molecule has 0 atom stereocenters. The second-order valence-electron chi connectivity index (χ2n) is 5.89. The molecule has 2 rings (SSSR count). The minimum Gasteiger partial charge on any atom is -0.366 e. The van der Waals surface area contributed by atoms with Crippen molar-refractivity contribution in [2.24, 2.45) is 0 Å². The Morgan fingerprint density at radius 3 is 2.36 bits per heavy atom. The fraction of sp³-hybridized carbons (Fsp3) is 0.571. The van der Waals surface area contributed by atoms with Crippen molar-refractivity contribution in [1.29, 1.82) is 0 Å². The number of nitrogens with zero attached hydrogens (tertiary/aromatic N) is 3. The molecule has 0 spiro atoms. The third-order valence-corrected chi connectivity index (χ3v) is 5.66. The first kappa shape index (κ1) is 19.1. The third-order valence-electron chi connectivity index (χ3n) is 4.02. The highest BCUT2D eigenvalue weighted by Crippen LogP contribution is 2.33. The maximum absolute atomic E-state index is 11.8. The largest absolute Gasteiger partial charge is 0.366 e. The molecule has 0 radical (unpaired) electrons. The molecule has 1 saturated heterocycles. The van der Waals surface area contributed by atoms with Crippen molar-refractivity contribution in [1.82, 2.24) is 4.72 Å². The Kier molecular flexibility index (Phi) is 5.90. The van der Waals surface area contributed by atoms with E-state index in [-0.39, 0.29) is 23.2 Å². The Morgan fingerprint density at radius 1 is 1.20 bits per heavy atom. The van der Waals surface area contributed by atoms with Gasteiger partial charge >= 0.3 is 0 Å². The number of piperidine rings is 1. The predicted molar refractivity (Wildman–Crippen MR) is 92.2 cm³/mol. The van der Waals surface area contributed by atoms with Crippen LogP contribution in [-0.2, 0) is 10.0 Å². The summed E-state index contributed by atoms with van der Waals surface area (Å²) in [6, 6.07) is 3.35. The van der Waals surface area contributed by atoms with Crippen LogP contribution in [0.1, 0.15) is 26.2 Å². The molecule has 1 aliphatic rings. The van der Waals surface area contributed by atoms with E-state index in [9.17, 15) is 28.6 Å². The number of hydrogen-bond donors (Lipinski definition) is 1. The smallest absolute Gasteiger partial charge is 0.299 e. The minimum absolute atomic E-state index is 0.0705. The van der Waals surface area contributed by atoms with Crippen LogP contribution < -0.4 is 9.62 Å². The van der Waals surface area contributed by atoms with Crippen molar-refractivity contribution >= 4 is 27.1 Å². The van der Waals surface area contributed by atoms with Crippen LogP contribution in [0.3, 0.4) is 0 Å². The fourth-order valence-electron chi connectivity index (χ4n) is 2.86. The number of sulfonamides is 1. The van der Waals surface area contributed by atoms with Crippen LogP contribution in [0.25, 0.3) is 0 Å². The van der Waals surface area contributed by atoms with Crippen molar-refractivity contribution in [3.63, 3.8) is 0 Å². The lowest BCUT2D eigenvalue weighted by atomic mass is 10.0. The predicted octanol–water partition coefficient (Wildman–Crippen LogP) is 1.80. The Morgan fingerprint density at radius 2 is 1.84 bits per heavy atom. The maximum Gasteiger partial charge on any atom is 0.299 e. The summed E-state index contributed by atoms with van der Waals surface area (Å²) in [5, 5.41) is 22.0. The average molecular weight is 372 g/mol. The van der Waals surface area contributed by atoms with Crippen LogP contribution >= 0.6 is 0 Å². The molecule has 0 saturated carbocycles. The highest BCUT2D eigenvalue weighted by molar-refractivity contribution is 7.89. The van der Waals surface area contributed by atoms with Crippen molar-refractivity contribution in [3.05, 3.63) is 38.4 Å². The van der Waals surface area contributed by atoms with Crippen LogP contribution in [0.5, 0.6) is 0 Å². The lowest BCUT2D eigenvalue weighted by molar-refractivity contribution is -0.393. The van der Waals surface area contributed by atoms with Gasteiger partial charge in [0.05, 0.1) is 21.7 Å².